The molecule has 4 unspecified atom stereocenters. The molecule has 0 saturated heterocycles. The van der Waals surface area contributed by atoms with Crippen LogP contribution in [-0.2, 0) is 36.8 Å². The van der Waals surface area contributed by atoms with Gasteiger partial charge in [-0.1, -0.05) is 30.3 Å². The van der Waals surface area contributed by atoms with Gasteiger partial charge in [0.05, 0.1) is 19.4 Å². The molecule has 0 aliphatic carbocycles. The first-order chi connectivity index (χ1) is 17.1. The topological polar surface area (TPSA) is 243 Å². The Hall–Kier alpha value is -4.30. The van der Waals surface area contributed by atoms with E-state index in [4.69, 9.17) is 16.6 Å². The summed E-state index contributed by atoms with van der Waals surface area (Å²) in [6.07, 6.45) is 2.04. The van der Waals surface area contributed by atoms with Crippen molar-refractivity contribution in [1.29, 1.82) is 0 Å². The molecule has 4 amide bonds. The first-order valence-corrected chi connectivity index (χ1v) is 10.9. The number of imidazole rings is 1. The summed E-state index contributed by atoms with van der Waals surface area (Å²) in [5.74, 6) is -4.87. The average molecular weight is 504 g/mol. The molecule has 0 saturated carbocycles. The van der Waals surface area contributed by atoms with Gasteiger partial charge < -0.3 is 42.6 Å². The number of H-pyrrole nitrogens is 1. The van der Waals surface area contributed by atoms with Crippen LogP contribution >= 0.6 is 0 Å². The van der Waals surface area contributed by atoms with Crippen LogP contribution in [0.2, 0.25) is 0 Å². The van der Waals surface area contributed by atoms with Crippen molar-refractivity contribution in [1.82, 2.24) is 25.9 Å². The summed E-state index contributed by atoms with van der Waals surface area (Å²) in [5, 5.41) is 25.6. The van der Waals surface area contributed by atoms with E-state index in [-0.39, 0.29) is 12.8 Å². The third-order valence-electron chi connectivity index (χ3n) is 5.08. The molecule has 4 atom stereocenters. The first-order valence-electron chi connectivity index (χ1n) is 10.9. The number of hydrogen-bond donors (Lipinski definition) is 8. The minimum atomic E-state index is -1.61. The number of hydrogen-bond acceptors (Lipinski definition) is 8. The maximum absolute atomic E-state index is 13.2. The number of nitrogens with two attached hydrogens (primary N) is 2. The number of nitrogens with one attached hydrogen (secondary N) is 4. The van der Waals surface area contributed by atoms with Crippen LogP contribution in [0.5, 0.6) is 0 Å². The number of rotatable bonds is 14. The van der Waals surface area contributed by atoms with Crippen LogP contribution in [0.3, 0.4) is 0 Å². The lowest BCUT2D eigenvalue weighted by Gasteiger charge is -2.25. The van der Waals surface area contributed by atoms with E-state index in [9.17, 15) is 29.1 Å². The zero-order chi connectivity index (χ0) is 26.7. The van der Waals surface area contributed by atoms with Gasteiger partial charge >= 0.3 is 5.97 Å². The zero-order valence-electron chi connectivity index (χ0n) is 19.2. The van der Waals surface area contributed by atoms with Gasteiger partial charge in [-0.15, -0.1) is 0 Å². The third-order valence-corrected chi connectivity index (χ3v) is 5.08. The van der Waals surface area contributed by atoms with Gasteiger partial charge in [-0.3, -0.25) is 19.2 Å². The number of carboxylic acid groups (broad SMARTS) is 1. The summed E-state index contributed by atoms with van der Waals surface area (Å²) in [5.41, 5.74) is 11.8. The van der Waals surface area contributed by atoms with Crippen LogP contribution in [0.15, 0.2) is 42.9 Å². The predicted molar refractivity (Wildman–Crippen MR) is 125 cm³/mol. The molecule has 0 aliphatic heterocycles. The number of aromatic nitrogens is 2. The second-order valence-corrected chi connectivity index (χ2v) is 7.95. The monoisotopic (exact) mass is 503 g/mol. The first kappa shape index (κ1) is 27.9. The number of benzene rings is 1. The van der Waals surface area contributed by atoms with Gasteiger partial charge in [0.2, 0.25) is 23.6 Å². The lowest BCUT2D eigenvalue weighted by atomic mass is 10.0. The number of carbonyl (C=O) groups is 5. The third kappa shape index (κ3) is 8.81. The van der Waals surface area contributed by atoms with E-state index in [1.165, 1.54) is 12.5 Å². The van der Waals surface area contributed by atoms with Crippen LogP contribution in [-0.4, -0.2) is 80.6 Å². The van der Waals surface area contributed by atoms with Crippen LogP contribution in [0.1, 0.15) is 17.7 Å². The van der Waals surface area contributed by atoms with Gasteiger partial charge in [0.1, 0.15) is 24.2 Å². The lowest BCUT2D eigenvalue weighted by molar-refractivity contribution is -0.143. The summed E-state index contributed by atoms with van der Waals surface area (Å²) >= 11 is 0. The van der Waals surface area contributed by atoms with Crippen LogP contribution in [0, 0.1) is 0 Å². The Morgan fingerprint density at radius 1 is 0.917 bits per heavy atom. The van der Waals surface area contributed by atoms with E-state index in [1.54, 1.807) is 30.3 Å². The van der Waals surface area contributed by atoms with E-state index in [0.717, 1.165) is 0 Å². The fourth-order valence-corrected chi connectivity index (χ4v) is 3.19. The lowest BCUT2D eigenvalue weighted by Crippen LogP contribution is -2.58. The smallest absolute Gasteiger partial charge is 0.326 e. The average Bonchev–Trinajstić information content (AvgIpc) is 3.35. The number of aliphatic hydroxyl groups excluding tert-OH is 1. The van der Waals surface area contributed by atoms with Gasteiger partial charge in [0, 0.05) is 24.7 Å². The van der Waals surface area contributed by atoms with E-state index < -0.39 is 66.8 Å². The molecule has 2 rings (SSSR count). The molecule has 10 N–H and O–H groups in total. The highest BCUT2D eigenvalue weighted by Gasteiger charge is 2.31. The summed E-state index contributed by atoms with van der Waals surface area (Å²) in [7, 11) is 0. The molecule has 0 spiro atoms. The summed E-state index contributed by atoms with van der Waals surface area (Å²) in [4.78, 5) is 67.7. The van der Waals surface area contributed by atoms with Gasteiger partial charge in [-0.25, -0.2) is 9.78 Å². The number of amides is 4. The Morgan fingerprint density at radius 3 is 2.03 bits per heavy atom. The van der Waals surface area contributed by atoms with Gasteiger partial charge in [0.15, 0.2) is 0 Å². The van der Waals surface area contributed by atoms with Crippen molar-refractivity contribution in [2.75, 3.05) is 6.61 Å². The zero-order valence-corrected chi connectivity index (χ0v) is 19.2. The fraction of sp³-hybridized carbons (Fsp3) is 0.364. The van der Waals surface area contributed by atoms with E-state index in [2.05, 4.69) is 25.9 Å². The molecular weight excluding hydrogens is 474 g/mol. The molecular formula is C22H29N7O7. The molecule has 1 aromatic heterocycles. The standard InChI is InChI=1S/C22H29N7O7/c23-14(10-30)19(32)27-15(6-12-4-2-1-3-5-12)20(33)28-16(7-13-9-25-11-26-13)21(34)29-17(22(35)36)8-18(24)31/h1-5,9,11,14-17,30H,6-8,10,23H2,(H2,24,31)(H,25,26)(H,27,32)(H,28,33)(H,29,34)(H,35,36). The molecule has 14 nitrogen and oxygen atoms in total. The number of carboxylic acids is 1. The predicted octanol–water partition coefficient (Wildman–Crippen LogP) is -3.07. The molecule has 36 heavy (non-hydrogen) atoms. The van der Waals surface area contributed by atoms with Crippen molar-refractivity contribution in [2.24, 2.45) is 11.5 Å². The van der Waals surface area contributed by atoms with Crippen molar-refractivity contribution in [3.05, 3.63) is 54.1 Å². The second-order valence-electron chi connectivity index (χ2n) is 7.95. The Bertz CT molecular complexity index is 1050. The summed E-state index contributed by atoms with van der Waals surface area (Å²) < 4.78 is 0. The number of primary amides is 1. The highest BCUT2D eigenvalue weighted by Crippen LogP contribution is 2.07. The van der Waals surface area contributed by atoms with Crippen molar-refractivity contribution in [2.45, 2.75) is 43.4 Å². The number of nitrogens with zero attached hydrogens (tertiary/aromatic N) is 1. The van der Waals surface area contributed by atoms with Gasteiger partial charge in [0.25, 0.3) is 0 Å². The normalized spacial score (nSPS) is 14.1. The van der Waals surface area contributed by atoms with Crippen LogP contribution in [0.4, 0.5) is 0 Å². The number of aliphatic hydroxyl groups is 1. The van der Waals surface area contributed by atoms with Gasteiger partial charge in [-0.05, 0) is 5.56 Å². The molecule has 1 aromatic carbocycles. The molecule has 1 heterocycles. The number of aliphatic carboxylic acids is 1. The van der Waals surface area contributed by atoms with Crippen molar-refractivity contribution < 1.29 is 34.2 Å². The van der Waals surface area contributed by atoms with Crippen molar-refractivity contribution in [3.63, 3.8) is 0 Å². The SMILES string of the molecule is NC(=O)CC(NC(=O)C(Cc1cnc[nH]1)NC(=O)C(Cc1ccccc1)NC(=O)C(N)CO)C(=O)O. The summed E-state index contributed by atoms with van der Waals surface area (Å²) in [6, 6.07) is 3.33. The Morgan fingerprint density at radius 2 is 1.50 bits per heavy atom. The molecule has 194 valence electrons. The quantitative estimate of drug-likeness (QED) is 0.130. The largest absolute Gasteiger partial charge is 0.480 e. The molecule has 0 fully saturated rings. The maximum Gasteiger partial charge on any atom is 0.326 e. The fourth-order valence-electron chi connectivity index (χ4n) is 3.19. The van der Waals surface area contributed by atoms with Crippen molar-refractivity contribution in [3.8, 4) is 0 Å². The maximum atomic E-state index is 13.2. The Labute approximate surface area is 205 Å². The minimum absolute atomic E-state index is 0.0361. The van der Waals surface area contributed by atoms with Crippen LogP contribution in [0.25, 0.3) is 0 Å². The number of carbonyl (C=O) groups excluding carboxylic acids is 4. The summed E-state index contributed by atoms with van der Waals surface area (Å²) in [6.45, 7) is -0.646. The molecule has 0 aliphatic rings. The second kappa shape index (κ2) is 13.6. The molecule has 0 bridgehead atoms. The Kier molecular flexibility index (Phi) is 10.5. The van der Waals surface area contributed by atoms with E-state index >= 15 is 0 Å². The molecule has 0 radical (unpaired) electrons. The minimum Gasteiger partial charge on any atom is -0.480 e. The number of aromatic amines is 1. The van der Waals surface area contributed by atoms with E-state index in [0.29, 0.717) is 11.3 Å². The van der Waals surface area contributed by atoms with Gasteiger partial charge in [-0.2, -0.15) is 0 Å². The Balaban J connectivity index is 2.26. The van der Waals surface area contributed by atoms with E-state index in [1.807, 2.05) is 0 Å². The highest BCUT2D eigenvalue weighted by molar-refractivity contribution is 5.95. The molecule has 14 heteroatoms. The highest BCUT2D eigenvalue weighted by atomic mass is 16.4. The molecule has 2 aromatic rings. The van der Waals surface area contributed by atoms with Crippen molar-refractivity contribution >= 4 is 29.6 Å². The van der Waals surface area contributed by atoms with Crippen LogP contribution < -0.4 is 27.4 Å².